The molecule has 1 aliphatic heterocycles. The molecule has 4 saturated carbocycles. The van der Waals surface area contributed by atoms with Crippen molar-refractivity contribution in [3.63, 3.8) is 0 Å². The van der Waals surface area contributed by atoms with Crippen molar-refractivity contribution in [1.29, 1.82) is 0 Å². The zero-order valence-electron chi connectivity index (χ0n) is 20.8. The van der Waals surface area contributed by atoms with E-state index in [2.05, 4.69) is 35.5 Å². The fourth-order valence-corrected chi connectivity index (χ4v) is 8.59. The Hall–Kier alpha value is -2.21. The van der Waals surface area contributed by atoms with E-state index in [1.807, 2.05) is 6.07 Å². The summed E-state index contributed by atoms with van der Waals surface area (Å²) in [6.45, 7) is 1.03. The van der Waals surface area contributed by atoms with Crippen LogP contribution in [-0.2, 0) is 10.2 Å². The number of benzene rings is 1. The molecule has 0 spiro atoms. The summed E-state index contributed by atoms with van der Waals surface area (Å²) in [7, 11) is 5.54. The molecule has 1 heterocycles. The van der Waals surface area contributed by atoms with Crippen LogP contribution in [0.1, 0.15) is 63.4 Å². The smallest absolute Gasteiger partial charge is 0.412 e. The predicted octanol–water partition coefficient (Wildman–Crippen LogP) is 5.02. The zero-order valence-corrected chi connectivity index (χ0v) is 20.8. The number of likely N-dealkylation sites (N-methyl/N-ethyl adjacent to an activating group) is 1. The van der Waals surface area contributed by atoms with E-state index >= 15 is 0 Å². The number of ether oxygens (including phenoxy) is 3. The number of nitrogens with zero attached hydrogens (tertiary/aromatic N) is 1. The lowest BCUT2D eigenvalue weighted by Gasteiger charge is -2.56. The number of alkyl carbamates (subject to hydrolysis) is 1. The molecule has 1 N–H and O–H groups in total. The zero-order chi connectivity index (χ0) is 23.5. The van der Waals surface area contributed by atoms with Crippen LogP contribution in [0, 0.1) is 17.8 Å². The lowest BCUT2D eigenvalue weighted by atomic mass is 9.53. The SMILES string of the molecule is COc1ccc([C@@]23CC=C(OC(=O)NC45CC6CC(CC(C6)C4)C5)C[C@@H]2N(C)CC3)cc1OC. The van der Waals surface area contributed by atoms with Crippen molar-refractivity contribution in [2.75, 3.05) is 27.8 Å². The van der Waals surface area contributed by atoms with Gasteiger partial charge in [0.1, 0.15) is 5.76 Å². The van der Waals surface area contributed by atoms with Crippen LogP contribution in [-0.4, -0.2) is 50.4 Å². The molecule has 0 aromatic heterocycles. The molecule has 0 unspecified atom stereocenters. The highest BCUT2D eigenvalue weighted by Gasteiger charge is 2.52. The molecule has 4 bridgehead atoms. The van der Waals surface area contributed by atoms with E-state index < -0.39 is 0 Å². The third-order valence-electron chi connectivity index (χ3n) is 9.76. The third-order valence-corrected chi connectivity index (χ3v) is 9.76. The number of hydrogen-bond donors (Lipinski definition) is 1. The van der Waals surface area contributed by atoms with Crippen LogP contribution in [0.25, 0.3) is 0 Å². The van der Waals surface area contributed by atoms with Crippen LogP contribution in [0.15, 0.2) is 30.0 Å². The first kappa shape index (κ1) is 22.3. The quantitative estimate of drug-likeness (QED) is 0.660. The van der Waals surface area contributed by atoms with Crippen LogP contribution >= 0.6 is 0 Å². The topological polar surface area (TPSA) is 60.0 Å². The molecule has 1 aromatic rings. The molecule has 5 fully saturated rings. The van der Waals surface area contributed by atoms with Gasteiger partial charge in [0.15, 0.2) is 11.5 Å². The molecule has 34 heavy (non-hydrogen) atoms. The monoisotopic (exact) mass is 466 g/mol. The van der Waals surface area contributed by atoms with E-state index in [1.165, 1.54) is 24.8 Å². The maximum absolute atomic E-state index is 13.1. The molecule has 184 valence electrons. The number of carbonyl (C=O) groups excluding carboxylic acids is 1. The number of nitrogens with one attached hydrogen (secondary N) is 1. The van der Waals surface area contributed by atoms with Crippen molar-refractivity contribution in [3.05, 3.63) is 35.6 Å². The fraction of sp³-hybridized carbons (Fsp3) is 0.679. The average molecular weight is 467 g/mol. The number of fused-ring (bicyclic) bond motifs is 1. The first-order chi connectivity index (χ1) is 16.4. The van der Waals surface area contributed by atoms with Crippen LogP contribution in [0.3, 0.4) is 0 Å². The highest BCUT2D eigenvalue weighted by molar-refractivity contribution is 5.70. The minimum absolute atomic E-state index is 0.00242. The largest absolute Gasteiger partial charge is 0.493 e. The Kier molecular flexibility index (Phi) is 5.36. The van der Waals surface area contributed by atoms with Crippen molar-refractivity contribution in [3.8, 4) is 11.5 Å². The molecule has 1 amide bonds. The molecular formula is C28H38N2O4. The summed E-state index contributed by atoms with van der Waals surface area (Å²) in [5.74, 6) is 4.74. The van der Waals surface area contributed by atoms with Gasteiger partial charge in [-0.2, -0.15) is 0 Å². The van der Waals surface area contributed by atoms with E-state index in [4.69, 9.17) is 14.2 Å². The summed E-state index contributed by atoms with van der Waals surface area (Å²) in [5.41, 5.74) is 1.25. The van der Waals surface area contributed by atoms with Gasteiger partial charge in [0.2, 0.25) is 0 Å². The van der Waals surface area contributed by atoms with Crippen LogP contribution in [0.4, 0.5) is 4.79 Å². The number of carbonyl (C=O) groups is 1. The second kappa shape index (κ2) is 8.18. The number of hydrogen-bond acceptors (Lipinski definition) is 5. The van der Waals surface area contributed by atoms with Crippen molar-refractivity contribution >= 4 is 6.09 Å². The lowest BCUT2D eigenvalue weighted by molar-refractivity contribution is -0.0179. The molecule has 7 rings (SSSR count). The first-order valence-electron chi connectivity index (χ1n) is 13.0. The normalized spacial score (nSPS) is 38.3. The van der Waals surface area contributed by atoms with E-state index in [-0.39, 0.29) is 23.1 Å². The van der Waals surface area contributed by atoms with Gasteiger partial charge in [-0.15, -0.1) is 0 Å². The van der Waals surface area contributed by atoms with Crippen molar-refractivity contribution in [1.82, 2.24) is 10.2 Å². The van der Waals surface area contributed by atoms with Gasteiger partial charge in [0.05, 0.1) is 14.2 Å². The van der Waals surface area contributed by atoms with E-state index in [0.717, 1.165) is 80.1 Å². The number of amides is 1. The number of methoxy groups -OCH3 is 2. The summed E-state index contributed by atoms with van der Waals surface area (Å²) in [5, 5.41) is 3.37. The number of likely N-dealkylation sites (tertiary alicyclic amines) is 1. The Morgan fingerprint density at radius 1 is 1.03 bits per heavy atom. The second-order valence-corrected chi connectivity index (χ2v) is 11.8. The van der Waals surface area contributed by atoms with Crippen LogP contribution in [0.2, 0.25) is 0 Å². The third kappa shape index (κ3) is 3.60. The van der Waals surface area contributed by atoms with Gasteiger partial charge in [-0.1, -0.05) is 6.07 Å². The summed E-state index contributed by atoms with van der Waals surface area (Å²) in [4.78, 5) is 15.5. The van der Waals surface area contributed by atoms with Gasteiger partial charge in [-0.3, -0.25) is 0 Å². The standard InChI is InChI=1S/C28H38N2O4/c1-30-9-8-28(21-4-5-23(32-2)24(13-21)33-3)7-6-22(14-25(28)30)34-26(31)29-27-15-18-10-19(16-27)12-20(11-18)17-27/h4-6,13,18-20,25H,7-12,14-17H2,1-3H3,(H,29,31)/t18?,19?,20?,25-,27?,28-/m0/s1. The molecule has 1 saturated heterocycles. The Labute approximate surface area is 203 Å². The van der Waals surface area contributed by atoms with E-state index in [9.17, 15) is 4.79 Å². The Balaban J connectivity index is 1.18. The minimum atomic E-state index is -0.243. The summed E-state index contributed by atoms with van der Waals surface area (Å²) >= 11 is 0. The van der Waals surface area contributed by atoms with E-state index in [1.54, 1.807) is 14.2 Å². The Bertz CT molecular complexity index is 969. The molecular weight excluding hydrogens is 428 g/mol. The summed E-state index contributed by atoms with van der Waals surface area (Å²) in [6, 6.07) is 6.60. The Morgan fingerprint density at radius 2 is 1.71 bits per heavy atom. The van der Waals surface area contributed by atoms with Crippen molar-refractivity contribution in [2.24, 2.45) is 17.8 Å². The number of rotatable bonds is 5. The lowest BCUT2D eigenvalue weighted by Crippen LogP contribution is -2.59. The average Bonchev–Trinajstić information content (AvgIpc) is 3.14. The highest BCUT2D eigenvalue weighted by atomic mass is 16.6. The van der Waals surface area contributed by atoms with Gasteiger partial charge >= 0.3 is 6.09 Å². The number of allylic oxidation sites excluding steroid dienone is 1. The summed E-state index contributed by atoms with van der Waals surface area (Å²) < 4.78 is 17.0. The van der Waals surface area contributed by atoms with Gasteiger partial charge in [0.25, 0.3) is 0 Å². The molecule has 6 heteroatoms. The molecule has 6 aliphatic rings. The molecule has 6 nitrogen and oxygen atoms in total. The van der Waals surface area contributed by atoms with Crippen LogP contribution < -0.4 is 14.8 Å². The molecule has 2 atom stereocenters. The maximum atomic E-state index is 13.1. The van der Waals surface area contributed by atoms with Gasteiger partial charge in [-0.05, 0) is 106 Å². The van der Waals surface area contributed by atoms with Gasteiger partial charge in [-0.25, -0.2) is 4.79 Å². The highest BCUT2D eigenvalue weighted by Crippen LogP contribution is 2.56. The predicted molar refractivity (Wildman–Crippen MR) is 130 cm³/mol. The van der Waals surface area contributed by atoms with Gasteiger partial charge < -0.3 is 24.4 Å². The molecule has 1 aromatic carbocycles. The van der Waals surface area contributed by atoms with Crippen LogP contribution in [0.5, 0.6) is 11.5 Å². The molecule has 5 aliphatic carbocycles. The van der Waals surface area contributed by atoms with Crippen molar-refractivity contribution < 1.29 is 19.0 Å². The second-order valence-electron chi connectivity index (χ2n) is 11.8. The summed E-state index contributed by atoms with van der Waals surface area (Å²) in [6.07, 6.45) is 12.1. The Morgan fingerprint density at radius 3 is 2.35 bits per heavy atom. The fourth-order valence-electron chi connectivity index (χ4n) is 8.59. The van der Waals surface area contributed by atoms with Crippen molar-refractivity contribution in [2.45, 2.75) is 74.8 Å². The van der Waals surface area contributed by atoms with Gasteiger partial charge in [0, 0.05) is 23.4 Å². The minimum Gasteiger partial charge on any atom is -0.493 e. The molecule has 0 radical (unpaired) electrons. The first-order valence-corrected chi connectivity index (χ1v) is 13.0. The maximum Gasteiger partial charge on any atom is 0.412 e. The van der Waals surface area contributed by atoms with E-state index in [0.29, 0.717) is 0 Å².